The Balaban J connectivity index is 2.22. The number of hydrogen-bond acceptors (Lipinski definition) is 6. The summed E-state index contributed by atoms with van der Waals surface area (Å²) in [5.41, 5.74) is -0.557. The van der Waals surface area contributed by atoms with Gasteiger partial charge >= 0.3 is 5.69 Å². The highest BCUT2D eigenvalue weighted by molar-refractivity contribution is 6.12. The van der Waals surface area contributed by atoms with Crippen LogP contribution >= 0.6 is 0 Å². The lowest BCUT2D eigenvalue weighted by Gasteiger charge is -2.16. The molecular formula is C21H23N5O5. The fourth-order valence-corrected chi connectivity index (χ4v) is 3.20. The molecule has 2 heterocycles. The third-order valence-corrected chi connectivity index (χ3v) is 4.67. The molecule has 0 atom stereocenters. The fourth-order valence-electron chi connectivity index (χ4n) is 3.20. The zero-order chi connectivity index (χ0) is 22.9. The van der Waals surface area contributed by atoms with E-state index in [1.165, 1.54) is 34.9 Å². The van der Waals surface area contributed by atoms with E-state index in [4.69, 9.17) is 0 Å². The molecule has 10 heteroatoms. The number of nitrogens with zero attached hydrogens (tertiary/aromatic N) is 3. The Morgan fingerprint density at radius 1 is 1.23 bits per heavy atom. The summed E-state index contributed by atoms with van der Waals surface area (Å²) in [5.74, 6) is -0.607. The molecule has 1 aromatic carbocycles. The maximum absolute atomic E-state index is 13.1. The number of nitro benzene ring substituents is 1. The number of H-pyrrole nitrogens is 1. The van der Waals surface area contributed by atoms with Gasteiger partial charge in [-0.1, -0.05) is 33.8 Å². The Kier molecular flexibility index (Phi) is 6.00. The van der Waals surface area contributed by atoms with E-state index in [2.05, 4.69) is 15.3 Å². The minimum absolute atomic E-state index is 0.00687. The average molecular weight is 425 g/mol. The van der Waals surface area contributed by atoms with Gasteiger partial charge in [0.15, 0.2) is 5.65 Å². The van der Waals surface area contributed by atoms with Crippen LogP contribution in [-0.2, 0) is 6.54 Å². The smallest absolute Gasteiger partial charge is 0.322 e. The molecule has 3 rings (SSSR count). The number of carbonyl (C=O) groups excluding carboxylic acids is 1. The standard InChI is InChI=1S/C21H23N5O5/c1-11(2)10-25-18-17(20(28)24-21(25)29)15(9-16(23-18)12(3)4)19(27)22-13-6-5-7-14(8-13)26(30)31/h5-9,11-12H,10H2,1-4H3,(H,22,27)(H,24,28,29). The van der Waals surface area contributed by atoms with Crippen molar-refractivity contribution in [3.8, 4) is 0 Å². The number of pyridine rings is 1. The monoisotopic (exact) mass is 425 g/mol. The van der Waals surface area contributed by atoms with Gasteiger partial charge in [-0.15, -0.1) is 0 Å². The lowest BCUT2D eigenvalue weighted by atomic mass is 10.0. The predicted molar refractivity (Wildman–Crippen MR) is 117 cm³/mol. The van der Waals surface area contributed by atoms with Crippen LogP contribution in [0.3, 0.4) is 0 Å². The minimum atomic E-state index is -0.716. The number of fused-ring (bicyclic) bond motifs is 1. The molecule has 0 saturated heterocycles. The number of rotatable bonds is 6. The first-order chi connectivity index (χ1) is 14.6. The Bertz CT molecular complexity index is 1290. The van der Waals surface area contributed by atoms with Gasteiger partial charge in [-0.2, -0.15) is 0 Å². The van der Waals surface area contributed by atoms with Crippen LogP contribution in [0.4, 0.5) is 11.4 Å². The number of aromatic nitrogens is 3. The number of non-ortho nitro benzene ring substituents is 1. The van der Waals surface area contributed by atoms with Gasteiger partial charge in [-0.05, 0) is 24.0 Å². The molecule has 0 saturated carbocycles. The number of aromatic amines is 1. The maximum atomic E-state index is 13.1. The highest BCUT2D eigenvalue weighted by Crippen LogP contribution is 2.22. The Morgan fingerprint density at radius 3 is 2.55 bits per heavy atom. The summed E-state index contributed by atoms with van der Waals surface area (Å²) >= 11 is 0. The van der Waals surface area contributed by atoms with Crippen LogP contribution in [0.5, 0.6) is 0 Å². The Labute approximate surface area is 177 Å². The summed E-state index contributed by atoms with van der Waals surface area (Å²) < 4.78 is 1.36. The molecule has 2 aromatic heterocycles. The van der Waals surface area contributed by atoms with Crippen LogP contribution in [0.25, 0.3) is 11.0 Å². The minimum Gasteiger partial charge on any atom is -0.322 e. The second-order valence-electron chi connectivity index (χ2n) is 7.97. The van der Waals surface area contributed by atoms with Crippen molar-refractivity contribution in [1.29, 1.82) is 0 Å². The van der Waals surface area contributed by atoms with Gasteiger partial charge in [-0.3, -0.25) is 29.3 Å². The van der Waals surface area contributed by atoms with Crippen LogP contribution in [0.2, 0.25) is 0 Å². The number of nitro groups is 1. The lowest BCUT2D eigenvalue weighted by Crippen LogP contribution is -2.33. The highest BCUT2D eigenvalue weighted by atomic mass is 16.6. The average Bonchev–Trinajstić information content (AvgIpc) is 2.70. The fraction of sp³-hybridized carbons (Fsp3) is 0.333. The number of nitrogens with one attached hydrogen (secondary N) is 2. The van der Waals surface area contributed by atoms with Gasteiger partial charge in [0.1, 0.15) is 0 Å². The van der Waals surface area contributed by atoms with E-state index in [1.54, 1.807) is 0 Å². The number of anilines is 1. The van der Waals surface area contributed by atoms with E-state index < -0.39 is 22.1 Å². The SMILES string of the molecule is CC(C)Cn1c(=O)[nH]c(=O)c2c(C(=O)Nc3cccc([N+](=O)[O-])c3)cc(C(C)C)nc21. The molecule has 0 unspecified atom stereocenters. The van der Waals surface area contributed by atoms with Gasteiger partial charge in [0, 0.05) is 30.1 Å². The summed E-state index contributed by atoms with van der Waals surface area (Å²) in [6, 6.07) is 7.01. The zero-order valence-electron chi connectivity index (χ0n) is 17.6. The molecule has 0 bridgehead atoms. The molecule has 1 amide bonds. The molecule has 0 aliphatic heterocycles. The number of carbonyl (C=O) groups is 1. The molecule has 0 spiro atoms. The molecule has 0 radical (unpaired) electrons. The first kappa shape index (κ1) is 21.9. The number of benzene rings is 1. The molecule has 2 N–H and O–H groups in total. The van der Waals surface area contributed by atoms with Gasteiger partial charge in [-0.25, -0.2) is 9.78 Å². The van der Waals surface area contributed by atoms with E-state index in [1.807, 2.05) is 27.7 Å². The van der Waals surface area contributed by atoms with Crippen molar-refractivity contribution in [2.24, 2.45) is 5.92 Å². The van der Waals surface area contributed by atoms with E-state index in [-0.39, 0.29) is 39.8 Å². The van der Waals surface area contributed by atoms with Gasteiger partial charge < -0.3 is 5.32 Å². The zero-order valence-corrected chi connectivity index (χ0v) is 17.6. The van der Waals surface area contributed by atoms with E-state index in [0.717, 1.165) is 0 Å². The van der Waals surface area contributed by atoms with Crippen LogP contribution in [0.1, 0.15) is 49.7 Å². The Hall–Kier alpha value is -3.82. The molecule has 3 aromatic rings. The quantitative estimate of drug-likeness (QED) is 0.459. The summed E-state index contributed by atoms with van der Waals surface area (Å²) in [4.78, 5) is 55.4. The maximum Gasteiger partial charge on any atom is 0.330 e. The van der Waals surface area contributed by atoms with Crippen molar-refractivity contribution in [3.63, 3.8) is 0 Å². The van der Waals surface area contributed by atoms with Crippen molar-refractivity contribution in [1.82, 2.24) is 14.5 Å². The third-order valence-electron chi connectivity index (χ3n) is 4.67. The predicted octanol–water partition coefficient (Wildman–Crippen LogP) is 3.02. The summed E-state index contributed by atoms with van der Waals surface area (Å²) in [5, 5.41) is 13.6. The van der Waals surface area contributed by atoms with E-state index >= 15 is 0 Å². The summed E-state index contributed by atoms with van der Waals surface area (Å²) in [6.07, 6.45) is 0. The van der Waals surface area contributed by atoms with E-state index in [0.29, 0.717) is 12.2 Å². The van der Waals surface area contributed by atoms with Gasteiger partial charge in [0.05, 0.1) is 15.9 Å². The first-order valence-electron chi connectivity index (χ1n) is 9.82. The number of amides is 1. The first-order valence-corrected chi connectivity index (χ1v) is 9.82. The third kappa shape index (κ3) is 4.52. The second-order valence-corrected chi connectivity index (χ2v) is 7.97. The summed E-state index contributed by atoms with van der Waals surface area (Å²) in [6.45, 7) is 7.92. The highest BCUT2D eigenvalue weighted by Gasteiger charge is 2.21. The second kappa shape index (κ2) is 8.50. The van der Waals surface area contributed by atoms with E-state index in [9.17, 15) is 24.5 Å². The topological polar surface area (TPSA) is 140 Å². The van der Waals surface area contributed by atoms with Crippen molar-refractivity contribution < 1.29 is 9.72 Å². The van der Waals surface area contributed by atoms with Crippen molar-refractivity contribution in [2.45, 2.75) is 40.2 Å². The van der Waals surface area contributed by atoms with Crippen LogP contribution < -0.4 is 16.6 Å². The normalized spacial score (nSPS) is 11.3. The molecule has 162 valence electrons. The van der Waals surface area contributed by atoms with Gasteiger partial charge in [0.2, 0.25) is 0 Å². The van der Waals surface area contributed by atoms with Crippen LogP contribution in [0, 0.1) is 16.0 Å². The molecule has 0 aliphatic rings. The molecule has 0 aliphatic carbocycles. The summed E-state index contributed by atoms with van der Waals surface area (Å²) in [7, 11) is 0. The van der Waals surface area contributed by atoms with Crippen molar-refractivity contribution in [3.05, 3.63) is 72.5 Å². The molecule has 31 heavy (non-hydrogen) atoms. The van der Waals surface area contributed by atoms with Gasteiger partial charge in [0.25, 0.3) is 17.2 Å². The Morgan fingerprint density at radius 2 is 1.94 bits per heavy atom. The molecular weight excluding hydrogens is 402 g/mol. The number of hydrogen-bond donors (Lipinski definition) is 2. The largest absolute Gasteiger partial charge is 0.330 e. The van der Waals surface area contributed by atoms with Crippen molar-refractivity contribution >= 4 is 28.3 Å². The molecule has 10 nitrogen and oxygen atoms in total. The lowest BCUT2D eigenvalue weighted by molar-refractivity contribution is -0.384. The van der Waals surface area contributed by atoms with Crippen LogP contribution in [0.15, 0.2) is 39.9 Å². The molecule has 0 fully saturated rings. The van der Waals surface area contributed by atoms with Crippen LogP contribution in [-0.4, -0.2) is 25.4 Å². The van der Waals surface area contributed by atoms with Crippen molar-refractivity contribution in [2.75, 3.05) is 5.32 Å².